The molecule has 0 saturated heterocycles. The van der Waals surface area contributed by atoms with E-state index in [-0.39, 0.29) is 34.1 Å². The molecule has 0 bridgehead atoms. The Morgan fingerprint density at radius 3 is 2.25 bits per heavy atom. The lowest BCUT2D eigenvalue weighted by atomic mass is 9.93. The van der Waals surface area contributed by atoms with E-state index in [1.54, 1.807) is 12.1 Å². The van der Waals surface area contributed by atoms with Gasteiger partial charge in [0.25, 0.3) is 0 Å². The Balaban J connectivity index is 1.95. The SMILES string of the molecule is CC(C)Cc1cc(-c2oc3cc(O)cc(O)c3c(=O)c2O)cc(Cc2ccccc2)c1O. The fraction of sp³-hybridized carbons (Fsp3) is 0.192. The zero-order chi connectivity index (χ0) is 23.0. The minimum absolute atomic E-state index is 0.0524. The lowest BCUT2D eigenvalue weighted by Gasteiger charge is -2.15. The number of fused-ring (bicyclic) bond motifs is 1. The molecule has 0 fully saturated rings. The summed E-state index contributed by atoms with van der Waals surface area (Å²) in [5.41, 5.74) is 1.86. The van der Waals surface area contributed by atoms with Crippen molar-refractivity contribution in [2.75, 3.05) is 0 Å². The lowest BCUT2D eigenvalue weighted by Crippen LogP contribution is -2.04. The molecule has 0 unspecified atom stereocenters. The van der Waals surface area contributed by atoms with E-state index in [9.17, 15) is 25.2 Å². The van der Waals surface area contributed by atoms with Crippen LogP contribution in [0.4, 0.5) is 0 Å². The molecule has 32 heavy (non-hydrogen) atoms. The molecular formula is C26H24O6. The maximum atomic E-state index is 12.8. The van der Waals surface area contributed by atoms with Crippen LogP contribution >= 0.6 is 0 Å². The molecule has 1 aromatic heterocycles. The van der Waals surface area contributed by atoms with E-state index >= 15 is 0 Å². The summed E-state index contributed by atoms with van der Waals surface area (Å²) in [6, 6.07) is 15.2. The fourth-order valence-electron chi connectivity index (χ4n) is 3.91. The van der Waals surface area contributed by atoms with Crippen molar-refractivity contribution in [2.24, 2.45) is 5.92 Å². The first kappa shape index (κ1) is 21.3. The van der Waals surface area contributed by atoms with Gasteiger partial charge >= 0.3 is 0 Å². The number of phenols is 3. The van der Waals surface area contributed by atoms with Crippen molar-refractivity contribution < 1.29 is 24.8 Å². The van der Waals surface area contributed by atoms with Gasteiger partial charge in [-0.25, -0.2) is 0 Å². The van der Waals surface area contributed by atoms with Crippen LogP contribution in [0.15, 0.2) is 63.8 Å². The molecule has 4 rings (SSSR count). The fourth-order valence-corrected chi connectivity index (χ4v) is 3.91. The molecule has 4 aromatic rings. The van der Waals surface area contributed by atoms with E-state index in [2.05, 4.69) is 0 Å². The normalized spacial score (nSPS) is 11.3. The van der Waals surface area contributed by atoms with E-state index in [1.165, 1.54) is 6.07 Å². The molecule has 0 aliphatic heterocycles. The van der Waals surface area contributed by atoms with Gasteiger partial charge in [0.05, 0.1) is 0 Å². The zero-order valence-electron chi connectivity index (χ0n) is 17.8. The highest BCUT2D eigenvalue weighted by molar-refractivity contribution is 5.88. The molecule has 0 aliphatic rings. The van der Waals surface area contributed by atoms with E-state index in [0.29, 0.717) is 29.5 Å². The second-order valence-electron chi connectivity index (χ2n) is 8.35. The van der Waals surface area contributed by atoms with E-state index < -0.39 is 16.9 Å². The Bertz CT molecular complexity index is 1350. The summed E-state index contributed by atoms with van der Waals surface area (Å²) in [6.07, 6.45) is 1.04. The number of hydrogen-bond donors (Lipinski definition) is 4. The molecule has 6 heteroatoms. The van der Waals surface area contributed by atoms with Gasteiger partial charge in [-0.05, 0) is 41.2 Å². The quantitative estimate of drug-likeness (QED) is 0.350. The largest absolute Gasteiger partial charge is 0.508 e. The molecule has 0 radical (unpaired) electrons. The highest BCUT2D eigenvalue weighted by Crippen LogP contribution is 2.38. The van der Waals surface area contributed by atoms with Gasteiger partial charge in [-0.1, -0.05) is 44.2 Å². The van der Waals surface area contributed by atoms with E-state index in [0.717, 1.165) is 11.6 Å². The van der Waals surface area contributed by atoms with Gasteiger partial charge in [-0.15, -0.1) is 0 Å². The Morgan fingerprint density at radius 1 is 0.875 bits per heavy atom. The van der Waals surface area contributed by atoms with Crippen molar-refractivity contribution in [1.29, 1.82) is 0 Å². The molecule has 0 amide bonds. The standard InChI is InChI=1S/C26H24O6/c1-14(2)8-16-10-18(11-17(23(16)29)9-15-6-4-3-5-7-15)26-25(31)24(30)22-20(28)12-19(27)13-21(22)32-26/h3-7,10-14,27-29,31H,8-9H2,1-2H3. The molecular weight excluding hydrogens is 408 g/mol. The first-order valence-electron chi connectivity index (χ1n) is 10.4. The summed E-state index contributed by atoms with van der Waals surface area (Å²) >= 11 is 0. The van der Waals surface area contributed by atoms with E-state index in [1.807, 2.05) is 44.2 Å². The molecule has 1 heterocycles. The first-order chi connectivity index (χ1) is 15.2. The third kappa shape index (κ3) is 3.99. The molecule has 6 nitrogen and oxygen atoms in total. The van der Waals surface area contributed by atoms with Crippen molar-refractivity contribution in [2.45, 2.75) is 26.7 Å². The van der Waals surface area contributed by atoms with Gasteiger partial charge < -0.3 is 24.8 Å². The maximum absolute atomic E-state index is 12.8. The summed E-state index contributed by atoms with van der Waals surface area (Å²) < 4.78 is 5.77. The van der Waals surface area contributed by atoms with Crippen molar-refractivity contribution in [3.05, 3.63) is 81.5 Å². The van der Waals surface area contributed by atoms with Crippen molar-refractivity contribution in [1.82, 2.24) is 0 Å². The van der Waals surface area contributed by atoms with Crippen LogP contribution in [0.25, 0.3) is 22.3 Å². The Morgan fingerprint density at radius 2 is 1.56 bits per heavy atom. The van der Waals surface area contributed by atoms with Gasteiger partial charge in [0, 0.05) is 24.1 Å². The first-order valence-corrected chi connectivity index (χ1v) is 10.4. The van der Waals surface area contributed by atoms with E-state index in [4.69, 9.17) is 4.42 Å². The second kappa shape index (κ2) is 8.30. The Hall–Kier alpha value is -3.93. The van der Waals surface area contributed by atoms with Crippen molar-refractivity contribution in [3.63, 3.8) is 0 Å². The topological polar surface area (TPSA) is 111 Å². The summed E-state index contributed by atoms with van der Waals surface area (Å²) in [5, 5.41) is 41.2. The highest BCUT2D eigenvalue weighted by Gasteiger charge is 2.21. The number of benzene rings is 3. The predicted molar refractivity (Wildman–Crippen MR) is 122 cm³/mol. The summed E-state index contributed by atoms with van der Waals surface area (Å²) in [7, 11) is 0. The van der Waals surface area contributed by atoms with Gasteiger partial charge in [0.1, 0.15) is 28.2 Å². The van der Waals surface area contributed by atoms with Gasteiger partial charge in [-0.2, -0.15) is 0 Å². The van der Waals surface area contributed by atoms with Crippen LogP contribution in [-0.4, -0.2) is 20.4 Å². The van der Waals surface area contributed by atoms with Gasteiger partial charge in [0.2, 0.25) is 11.2 Å². The molecule has 3 aromatic carbocycles. The Kier molecular flexibility index (Phi) is 5.53. The summed E-state index contributed by atoms with van der Waals surface area (Å²) in [4.78, 5) is 12.8. The summed E-state index contributed by atoms with van der Waals surface area (Å²) in [6.45, 7) is 4.06. The molecule has 164 valence electrons. The van der Waals surface area contributed by atoms with Crippen LogP contribution in [0, 0.1) is 5.92 Å². The third-order valence-corrected chi connectivity index (χ3v) is 5.33. The molecule has 0 saturated carbocycles. The van der Waals surface area contributed by atoms with Crippen LogP contribution in [0.2, 0.25) is 0 Å². The third-order valence-electron chi connectivity index (χ3n) is 5.33. The van der Waals surface area contributed by atoms with Crippen LogP contribution in [0.3, 0.4) is 0 Å². The van der Waals surface area contributed by atoms with Gasteiger partial charge in [-0.3, -0.25) is 4.79 Å². The smallest absolute Gasteiger partial charge is 0.238 e. The molecule has 0 aliphatic carbocycles. The molecule has 4 N–H and O–H groups in total. The number of hydrogen-bond acceptors (Lipinski definition) is 6. The number of phenolic OH excluding ortho intramolecular Hbond substituents is 3. The number of rotatable bonds is 5. The monoisotopic (exact) mass is 432 g/mol. The molecule has 0 spiro atoms. The molecule has 0 atom stereocenters. The maximum Gasteiger partial charge on any atom is 0.238 e. The van der Waals surface area contributed by atoms with Crippen molar-refractivity contribution >= 4 is 11.0 Å². The second-order valence-corrected chi connectivity index (χ2v) is 8.35. The van der Waals surface area contributed by atoms with Crippen LogP contribution in [-0.2, 0) is 12.8 Å². The van der Waals surface area contributed by atoms with Crippen molar-refractivity contribution in [3.8, 4) is 34.3 Å². The average molecular weight is 432 g/mol. The van der Waals surface area contributed by atoms with Gasteiger partial charge in [0.15, 0.2) is 5.76 Å². The summed E-state index contributed by atoms with van der Waals surface area (Å²) in [5.74, 6) is -1.06. The lowest BCUT2D eigenvalue weighted by molar-refractivity contribution is 0.438. The number of aromatic hydroxyl groups is 4. The Labute approximate surface area is 184 Å². The zero-order valence-corrected chi connectivity index (χ0v) is 17.8. The minimum Gasteiger partial charge on any atom is -0.508 e. The van der Waals surface area contributed by atoms with Crippen LogP contribution < -0.4 is 5.43 Å². The van der Waals surface area contributed by atoms with Crippen LogP contribution in [0.5, 0.6) is 23.0 Å². The minimum atomic E-state index is -0.804. The average Bonchev–Trinajstić information content (AvgIpc) is 2.73. The highest BCUT2D eigenvalue weighted by atomic mass is 16.4. The van der Waals surface area contributed by atoms with Crippen LogP contribution in [0.1, 0.15) is 30.5 Å². The predicted octanol–water partition coefficient (Wildman–Crippen LogP) is 5.07.